The standard InChI is InChI=1S/C21H23NO2/c1-13-6-5-7-14(10-13)20-17(12-19(23)24)16-11-15(21(2,3)4)8-9-18(16)22-20/h5-11,22H,12H2,1-4H3,(H,23,24). The van der Waals surface area contributed by atoms with Crippen LogP contribution in [0.2, 0.25) is 0 Å². The molecule has 3 aromatic rings. The SMILES string of the molecule is Cc1cccc(-c2[nH]c3ccc(C(C)(C)C)cc3c2CC(=O)O)c1. The monoisotopic (exact) mass is 321 g/mol. The molecular weight excluding hydrogens is 298 g/mol. The van der Waals surface area contributed by atoms with E-state index < -0.39 is 5.97 Å². The van der Waals surface area contributed by atoms with Gasteiger partial charge in [-0.15, -0.1) is 0 Å². The number of nitrogens with one attached hydrogen (secondary N) is 1. The second-order valence-electron chi connectivity index (χ2n) is 7.43. The first-order chi connectivity index (χ1) is 11.3. The number of carboxylic acids is 1. The van der Waals surface area contributed by atoms with Gasteiger partial charge in [-0.25, -0.2) is 0 Å². The number of aryl methyl sites for hydroxylation is 1. The summed E-state index contributed by atoms with van der Waals surface area (Å²) in [5.41, 5.74) is 6.15. The van der Waals surface area contributed by atoms with Gasteiger partial charge in [-0.1, -0.05) is 50.6 Å². The van der Waals surface area contributed by atoms with Crippen molar-refractivity contribution in [2.75, 3.05) is 0 Å². The van der Waals surface area contributed by atoms with E-state index in [-0.39, 0.29) is 11.8 Å². The molecular formula is C21H23NO2. The highest BCUT2D eigenvalue weighted by molar-refractivity contribution is 5.94. The van der Waals surface area contributed by atoms with Gasteiger partial charge in [-0.2, -0.15) is 0 Å². The van der Waals surface area contributed by atoms with Gasteiger partial charge in [0.1, 0.15) is 0 Å². The van der Waals surface area contributed by atoms with Crippen LogP contribution in [0.15, 0.2) is 42.5 Å². The van der Waals surface area contributed by atoms with Crippen LogP contribution in [-0.2, 0) is 16.6 Å². The maximum absolute atomic E-state index is 11.4. The van der Waals surface area contributed by atoms with E-state index in [9.17, 15) is 9.90 Å². The molecule has 0 bridgehead atoms. The molecule has 3 heteroatoms. The van der Waals surface area contributed by atoms with Gasteiger partial charge in [0.2, 0.25) is 0 Å². The van der Waals surface area contributed by atoms with Gasteiger partial charge < -0.3 is 10.1 Å². The Bertz CT molecular complexity index is 913. The van der Waals surface area contributed by atoms with Crippen molar-refractivity contribution in [1.29, 1.82) is 0 Å². The number of carbonyl (C=O) groups is 1. The predicted molar refractivity (Wildman–Crippen MR) is 98.5 cm³/mol. The quantitative estimate of drug-likeness (QED) is 0.708. The Kier molecular flexibility index (Phi) is 3.96. The number of aromatic amines is 1. The second kappa shape index (κ2) is 5.82. The summed E-state index contributed by atoms with van der Waals surface area (Å²) in [4.78, 5) is 14.9. The van der Waals surface area contributed by atoms with Gasteiger partial charge in [-0.05, 0) is 47.2 Å². The summed E-state index contributed by atoms with van der Waals surface area (Å²) in [5, 5.41) is 10.4. The van der Waals surface area contributed by atoms with Crippen molar-refractivity contribution in [2.45, 2.75) is 39.5 Å². The van der Waals surface area contributed by atoms with E-state index in [1.165, 1.54) is 5.56 Å². The smallest absolute Gasteiger partial charge is 0.307 e. The van der Waals surface area contributed by atoms with Crippen molar-refractivity contribution < 1.29 is 9.90 Å². The van der Waals surface area contributed by atoms with Crippen molar-refractivity contribution in [3.05, 3.63) is 59.2 Å². The number of hydrogen-bond acceptors (Lipinski definition) is 1. The molecule has 0 spiro atoms. The number of carboxylic acid groups (broad SMARTS) is 1. The van der Waals surface area contributed by atoms with Gasteiger partial charge in [0.05, 0.1) is 12.1 Å². The Balaban J connectivity index is 2.27. The number of H-pyrrole nitrogens is 1. The van der Waals surface area contributed by atoms with E-state index in [0.29, 0.717) is 0 Å². The fourth-order valence-corrected chi connectivity index (χ4v) is 3.10. The summed E-state index contributed by atoms with van der Waals surface area (Å²) in [5.74, 6) is -0.814. The molecule has 0 saturated carbocycles. The lowest BCUT2D eigenvalue weighted by Crippen LogP contribution is -2.10. The van der Waals surface area contributed by atoms with Gasteiger partial charge in [0.15, 0.2) is 0 Å². The Morgan fingerprint density at radius 1 is 1.12 bits per heavy atom. The van der Waals surface area contributed by atoms with E-state index in [2.05, 4.69) is 50.0 Å². The lowest BCUT2D eigenvalue weighted by molar-refractivity contribution is -0.136. The molecule has 0 unspecified atom stereocenters. The van der Waals surface area contributed by atoms with Crippen molar-refractivity contribution >= 4 is 16.9 Å². The molecule has 3 nitrogen and oxygen atoms in total. The highest BCUT2D eigenvalue weighted by atomic mass is 16.4. The largest absolute Gasteiger partial charge is 0.481 e. The normalized spacial score (nSPS) is 11.8. The van der Waals surface area contributed by atoms with Crippen LogP contribution in [0.1, 0.15) is 37.5 Å². The molecule has 0 radical (unpaired) electrons. The maximum atomic E-state index is 11.4. The van der Waals surface area contributed by atoms with Crippen LogP contribution < -0.4 is 0 Å². The molecule has 0 atom stereocenters. The third-order valence-electron chi connectivity index (χ3n) is 4.41. The minimum absolute atomic E-state index is 0.0108. The van der Waals surface area contributed by atoms with E-state index in [0.717, 1.165) is 33.3 Å². The van der Waals surface area contributed by atoms with Crippen LogP contribution in [0, 0.1) is 6.92 Å². The Morgan fingerprint density at radius 3 is 2.50 bits per heavy atom. The molecule has 24 heavy (non-hydrogen) atoms. The fraction of sp³-hybridized carbons (Fsp3) is 0.286. The lowest BCUT2D eigenvalue weighted by atomic mass is 9.86. The minimum atomic E-state index is -0.814. The number of rotatable bonds is 3. The third kappa shape index (κ3) is 3.07. The predicted octanol–water partition coefficient (Wildman–Crippen LogP) is 5.07. The van der Waals surface area contributed by atoms with E-state index in [1.807, 2.05) is 25.1 Å². The average molecular weight is 321 g/mol. The highest BCUT2D eigenvalue weighted by Gasteiger charge is 2.19. The third-order valence-corrected chi connectivity index (χ3v) is 4.41. The summed E-state index contributed by atoms with van der Waals surface area (Å²) >= 11 is 0. The molecule has 0 amide bonds. The van der Waals surface area contributed by atoms with Crippen LogP contribution in [0.3, 0.4) is 0 Å². The summed E-state index contributed by atoms with van der Waals surface area (Å²) in [6.07, 6.45) is 0.0108. The highest BCUT2D eigenvalue weighted by Crippen LogP contribution is 2.34. The van der Waals surface area contributed by atoms with E-state index >= 15 is 0 Å². The van der Waals surface area contributed by atoms with E-state index in [1.54, 1.807) is 0 Å². The van der Waals surface area contributed by atoms with Crippen LogP contribution in [0.5, 0.6) is 0 Å². The van der Waals surface area contributed by atoms with Crippen molar-refractivity contribution in [3.63, 3.8) is 0 Å². The molecule has 0 aliphatic rings. The topological polar surface area (TPSA) is 53.1 Å². The molecule has 1 heterocycles. The Labute approximate surface area is 142 Å². The molecule has 0 aliphatic carbocycles. The van der Waals surface area contributed by atoms with Crippen LogP contribution in [0.25, 0.3) is 22.2 Å². The summed E-state index contributed by atoms with van der Waals surface area (Å²) in [7, 11) is 0. The molecule has 2 N–H and O–H groups in total. The molecule has 3 rings (SSSR count). The molecule has 0 saturated heterocycles. The summed E-state index contributed by atoms with van der Waals surface area (Å²) < 4.78 is 0. The van der Waals surface area contributed by atoms with Crippen LogP contribution in [0.4, 0.5) is 0 Å². The minimum Gasteiger partial charge on any atom is -0.481 e. The molecule has 124 valence electrons. The number of benzene rings is 2. The zero-order chi connectivity index (χ0) is 17.5. The fourth-order valence-electron chi connectivity index (χ4n) is 3.10. The molecule has 0 fully saturated rings. The van der Waals surface area contributed by atoms with Gasteiger partial charge in [-0.3, -0.25) is 4.79 Å². The van der Waals surface area contributed by atoms with Gasteiger partial charge in [0, 0.05) is 10.9 Å². The summed E-state index contributed by atoms with van der Waals surface area (Å²) in [6.45, 7) is 8.54. The zero-order valence-corrected chi connectivity index (χ0v) is 14.6. The van der Waals surface area contributed by atoms with E-state index in [4.69, 9.17) is 0 Å². The first-order valence-corrected chi connectivity index (χ1v) is 8.19. The lowest BCUT2D eigenvalue weighted by Gasteiger charge is -2.19. The van der Waals surface area contributed by atoms with Crippen molar-refractivity contribution in [2.24, 2.45) is 0 Å². The first kappa shape index (κ1) is 16.3. The maximum Gasteiger partial charge on any atom is 0.307 e. The molecule has 1 aromatic heterocycles. The first-order valence-electron chi connectivity index (χ1n) is 8.19. The molecule has 0 aliphatic heterocycles. The second-order valence-corrected chi connectivity index (χ2v) is 7.43. The number of fused-ring (bicyclic) bond motifs is 1. The van der Waals surface area contributed by atoms with Crippen molar-refractivity contribution in [3.8, 4) is 11.3 Å². The van der Waals surface area contributed by atoms with Crippen molar-refractivity contribution in [1.82, 2.24) is 4.98 Å². The number of aliphatic carboxylic acids is 1. The summed E-state index contributed by atoms with van der Waals surface area (Å²) in [6, 6.07) is 14.4. The van der Waals surface area contributed by atoms with Crippen LogP contribution >= 0.6 is 0 Å². The molecule has 2 aromatic carbocycles. The number of aromatic nitrogens is 1. The van der Waals surface area contributed by atoms with Crippen LogP contribution in [-0.4, -0.2) is 16.1 Å². The Morgan fingerprint density at radius 2 is 1.88 bits per heavy atom. The van der Waals surface area contributed by atoms with Gasteiger partial charge in [0.25, 0.3) is 0 Å². The number of hydrogen-bond donors (Lipinski definition) is 2. The average Bonchev–Trinajstić information content (AvgIpc) is 2.84. The Hall–Kier alpha value is -2.55. The zero-order valence-electron chi connectivity index (χ0n) is 14.6. The van der Waals surface area contributed by atoms with Gasteiger partial charge >= 0.3 is 5.97 Å².